The Bertz CT molecular complexity index is 1100. The van der Waals surface area contributed by atoms with Crippen molar-refractivity contribution in [3.05, 3.63) is 56.5 Å². The van der Waals surface area contributed by atoms with Crippen LogP contribution in [0.15, 0.2) is 38.6 Å². The summed E-state index contributed by atoms with van der Waals surface area (Å²) in [6.45, 7) is 9.63. The predicted molar refractivity (Wildman–Crippen MR) is 126 cm³/mol. The molecule has 6 nitrogen and oxygen atoms in total. The number of carbonyl (C=O) groups excluding carboxylic acids is 1. The molecular formula is C26H34O6. The van der Waals surface area contributed by atoms with Gasteiger partial charge in [-0.25, -0.2) is 4.79 Å². The fourth-order valence-electron chi connectivity index (χ4n) is 3.71. The van der Waals surface area contributed by atoms with E-state index in [1.165, 1.54) is 5.57 Å². The average molecular weight is 443 g/mol. The van der Waals surface area contributed by atoms with E-state index in [0.29, 0.717) is 12.8 Å². The summed E-state index contributed by atoms with van der Waals surface area (Å²) in [7, 11) is 0. The van der Waals surface area contributed by atoms with Gasteiger partial charge in [-0.05, 0) is 52.9 Å². The van der Waals surface area contributed by atoms with Crippen molar-refractivity contribution in [3.63, 3.8) is 0 Å². The zero-order valence-corrected chi connectivity index (χ0v) is 19.6. The standard InChI is InChI=1S/C26H34O6/c1-6-9-20(28)23-25(31)17(13-12-16(5)11-8-10-15(3)4)24(30)22-18(19(27)7-2)14-21(29)32-26(22)23/h10,12,14,19,27,30-31H,6-9,11,13H2,1-5H3/t19-/m0/s1. The number of aromatic hydroxyl groups is 2. The maximum absolute atomic E-state index is 12.9. The highest BCUT2D eigenvalue weighted by Crippen LogP contribution is 2.43. The van der Waals surface area contributed by atoms with Crippen LogP contribution in [0.3, 0.4) is 0 Å². The number of phenolic OH excluding ortho intramolecular Hbond substituents is 2. The van der Waals surface area contributed by atoms with Crippen LogP contribution in [0.2, 0.25) is 0 Å². The van der Waals surface area contributed by atoms with Gasteiger partial charge in [-0.15, -0.1) is 0 Å². The molecular weight excluding hydrogens is 408 g/mol. The van der Waals surface area contributed by atoms with Gasteiger partial charge in [-0.1, -0.05) is 37.1 Å². The zero-order valence-electron chi connectivity index (χ0n) is 19.6. The molecule has 1 aromatic carbocycles. The summed E-state index contributed by atoms with van der Waals surface area (Å²) in [5, 5.41) is 32.6. The van der Waals surface area contributed by atoms with Crippen molar-refractivity contribution in [2.75, 3.05) is 0 Å². The predicted octanol–water partition coefficient (Wildman–Crippen LogP) is 5.87. The van der Waals surface area contributed by atoms with Crippen LogP contribution in [-0.2, 0) is 6.42 Å². The molecule has 0 aliphatic rings. The first kappa shape index (κ1) is 25.4. The number of aliphatic hydroxyl groups excluding tert-OH is 1. The Kier molecular flexibility index (Phi) is 8.84. The van der Waals surface area contributed by atoms with E-state index in [0.717, 1.165) is 24.5 Å². The number of hydrogen-bond acceptors (Lipinski definition) is 6. The number of hydrogen-bond donors (Lipinski definition) is 3. The SMILES string of the molecule is CCCC(=O)c1c(O)c(CC=C(C)CCC=C(C)C)c(O)c2c([C@@H](O)CC)cc(=O)oc12. The lowest BCUT2D eigenvalue weighted by atomic mass is 9.92. The third kappa shape index (κ3) is 5.68. The summed E-state index contributed by atoms with van der Waals surface area (Å²) in [5.41, 5.74) is 1.63. The minimum absolute atomic E-state index is 0.0989. The van der Waals surface area contributed by atoms with Gasteiger partial charge in [-0.2, -0.15) is 0 Å². The molecule has 1 atom stereocenters. The van der Waals surface area contributed by atoms with Crippen LogP contribution >= 0.6 is 0 Å². The molecule has 0 unspecified atom stereocenters. The Labute approximate surface area is 188 Å². The van der Waals surface area contributed by atoms with Gasteiger partial charge in [0.15, 0.2) is 11.4 Å². The van der Waals surface area contributed by atoms with Crippen molar-refractivity contribution in [3.8, 4) is 11.5 Å². The minimum Gasteiger partial charge on any atom is -0.507 e. The Balaban J connectivity index is 2.73. The van der Waals surface area contributed by atoms with Crippen molar-refractivity contribution in [1.82, 2.24) is 0 Å². The monoisotopic (exact) mass is 442 g/mol. The molecule has 6 heteroatoms. The lowest BCUT2D eigenvalue weighted by Crippen LogP contribution is -2.10. The van der Waals surface area contributed by atoms with Crippen LogP contribution < -0.4 is 5.63 Å². The number of ketones is 1. The Morgan fingerprint density at radius 3 is 2.38 bits per heavy atom. The van der Waals surface area contributed by atoms with Crippen LogP contribution in [0, 0.1) is 0 Å². The van der Waals surface area contributed by atoms with Gasteiger partial charge in [0.05, 0.1) is 11.5 Å². The van der Waals surface area contributed by atoms with Gasteiger partial charge >= 0.3 is 5.63 Å². The first-order chi connectivity index (χ1) is 15.1. The molecule has 1 heterocycles. The molecule has 32 heavy (non-hydrogen) atoms. The first-order valence-corrected chi connectivity index (χ1v) is 11.2. The molecule has 0 aliphatic carbocycles. The van der Waals surface area contributed by atoms with Crippen LogP contribution in [0.5, 0.6) is 11.5 Å². The van der Waals surface area contributed by atoms with Crippen LogP contribution in [0.4, 0.5) is 0 Å². The van der Waals surface area contributed by atoms with Gasteiger partial charge in [0.1, 0.15) is 17.1 Å². The number of fused-ring (bicyclic) bond motifs is 1. The number of aliphatic hydroxyl groups is 1. The van der Waals surface area contributed by atoms with E-state index in [9.17, 15) is 24.9 Å². The fraction of sp³-hybridized carbons (Fsp3) is 0.462. The Morgan fingerprint density at radius 2 is 1.78 bits per heavy atom. The summed E-state index contributed by atoms with van der Waals surface area (Å²) in [4.78, 5) is 25.0. The topological polar surface area (TPSA) is 108 Å². The molecule has 2 aromatic rings. The quantitative estimate of drug-likeness (QED) is 0.241. The highest BCUT2D eigenvalue weighted by Gasteiger charge is 2.28. The van der Waals surface area contributed by atoms with Crippen molar-refractivity contribution in [1.29, 1.82) is 0 Å². The summed E-state index contributed by atoms with van der Waals surface area (Å²) >= 11 is 0. The summed E-state index contributed by atoms with van der Waals surface area (Å²) < 4.78 is 5.28. The second-order valence-corrected chi connectivity index (χ2v) is 8.45. The Morgan fingerprint density at radius 1 is 1.09 bits per heavy atom. The summed E-state index contributed by atoms with van der Waals surface area (Å²) in [6, 6.07) is 1.13. The van der Waals surface area contributed by atoms with Crippen molar-refractivity contribution < 1.29 is 24.5 Å². The molecule has 1 aromatic heterocycles. The second-order valence-electron chi connectivity index (χ2n) is 8.45. The lowest BCUT2D eigenvalue weighted by molar-refractivity contribution is 0.0979. The van der Waals surface area contributed by atoms with E-state index >= 15 is 0 Å². The number of allylic oxidation sites excluding steroid dienone is 4. The van der Waals surface area contributed by atoms with Gasteiger partial charge in [0.25, 0.3) is 0 Å². The molecule has 0 radical (unpaired) electrons. The fourth-order valence-corrected chi connectivity index (χ4v) is 3.71. The Hall–Kier alpha value is -2.86. The molecule has 0 saturated heterocycles. The number of phenols is 2. The molecule has 0 spiro atoms. The van der Waals surface area contributed by atoms with Crippen LogP contribution in [0.25, 0.3) is 11.0 Å². The third-order valence-corrected chi connectivity index (χ3v) is 5.51. The maximum Gasteiger partial charge on any atom is 0.336 e. The van der Waals surface area contributed by atoms with Crippen molar-refractivity contribution in [2.45, 2.75) is 79.2 Å². The van der Waals surface area contributed by atoms with E-state index in [-0.39, 0.29) is 57.8 Å². The van der Waals surface area contributed by atoms with Crippen LogP contribution in [0.1, 0.15) is 94.3 Å². The van der Waals surface area contributed by atoms with Gasteiger partial charge in [0, 0.05) is 23.6 Å². The zero-order chi connectivity index (χ0) is 24.0. The smallest absolute Gasteiger partial charge is 0.336 e. The molecule has 2 rings (SSSR count). The first-order valence-electron chi connectivity index (χ1n) is 11.2. The average Bonchev–Trinajstić information content (AvgIpc) is 2.72. The number of rotatable bonds is 10. The van der Waals surface area contributed by atoms with Crippen molar-refractivity contribution >= 4 is 16.8 Å². The third-order valence-electron chi connectivity index (χ3n) is 5.51. The minimum atomic E-state index is -1.03. The number of Topliss-reactive ketones (excluding diaryl/α,β-unsaturated/α-hetero) is 1. The van der Waals surface area contributed by atoms with E-state index < -0.39 is 11.7 Å². The van der Waals surface area contributed by atoms with Crippen molar-refractivity contribution in [2.24, 2.45) is 0 Å². The highest BCUT2D eigenvalue weighted by atomic mass is 16.4. The molecule has 0 fully saturated rings. The molecule has 0 amide bonds. The van der Waals surface area contributed by atoms with Crippen LogP contribution in [-0.4, -0.2) is 21.1 Å². The second kappa shape index (κ2) is 11.1. The summed E-state index contributed by atoms with van der Waals surface area (Å²) in [5.74, 6) is -1.05. The normalized spacial score (nSPS) is 12.8. The largest absolute Gasteiger partial charge is 0.507 e. The number of carbonyl (C=O) groups is 1. The van der Waals surface area contributed by atoms with Gasteiger partial charge < -0.3 is 19.7 Å². The van der Waals surface area contributed by atoms with E-state index in [2.05, 4.69) is 6.08 Å². The number of benzene rings is 1. The molecule has 0 saturated carbocycles. The van der Waals surface area contributed by atoms with E-state index in [1.807, 2.05) is 33.8 Å². The summed E-state index contributed by atoms with van der Waals surface area (Å²) in [6.07, 6.45) is 5.93. The highest BCUT2D eigenvalue weighted by molar-refractivity contribution is 6.11. The van der Waals surface area contributed by atoms with Gasteiger partial charge in [0.2, 0.25) is 0 Å². The maximum atomic E-state index is 12.9. The molecule has 174 valence electrons. The molecule has 0 bridgehead atoms. The molecule has 0 aliphatic heterocycles. The van der Waals surface area contributed by atoms with E-state index in [1.54, 1.807) is 6.92 Å². The lowest BCUT2D eigenvalue weighted by Gasteiger charge is -2.18. The molecule has 3 N–H and O–H groups in total. The van der Waals surface area contributed by atoms with E-state index in [4.69, 9.17) is 4.42 Å². The van der Waals surface area contributed by atoms with Gasteiger partial charge in [-0.3, -0.25) is 4.79 Å².